The molecule has 0 aliphatic rings. The van der Waals surface area contributed by atoms with Gasteiger partial charge in [-0.3, -0.25) is 4.79 Å². The van der Waals surface area contributed by atoms with Crippen LogP contribution >= 0.6 is 23.1 Å². The predicted octanol–water partition coefficient (Wildman–Crippen LogP) is 2.92. The van der Waals surface area contributed by atoms with E-state index in [1.165, 1.54) is 29.2 Å². The highest BCUT2D eigenvalue weighted by Crippen LogP contribution is 2.25. The third kappa shape index (κ3) is 7.37. The summed E-state index contributed by atoms with van der Waals surface area (Å²) in [6, 6.07) is 6.38. The fraction of sp³-hybridized carbons (Fsp3) is 0.438. The number of rotatable bonds is 11. The van der Waals surface area contributed by atoms with Crippen LogP contribution in [0.5, 0.6) is 0 Å². The van der Waals surface area contributed by atoms with E-state index >= 15 is 0 Å². The number of thioether (sulfide) groups is 1. The van der Waals surface area contributed by atoms with Crippen molar-refractivity contribution in [1.29, 1.82) is 0 Å². The summed E-state index contributed by atoms with van der Waals surface area (Å²) in [7, 11) is 0. The number of benzene rings is 1. The molecule has 9 heteroatoms. The third-order valence-corrected chi connectivity index (χ3v) is 5.13. The van der Waals surface area contributed by atoms with Crippen LogP contribution in [0.2, 0.25) is 0 Å². The van der Waals surface area contributed by atoms with Gasteiger partial charge in [0.15, 0.2) is 4.34 Å². The Morgan fingerprint density at radius 2 is 2.20 bits per heavy atom. The predicted molar refractivity (Wildman–Crippen MR) is 98.5 cm³/mol. The number of amides is 1. The minimum atomic E-state index is -0.320. The minimum Gasteiger partial charge on any atom is -0.382 e. The van der Waals surface area contributed by atoms with E-state index in [9.17, 15) is 9.18 Å². The van der Waals surface area contributed by atoms with Gasteiger partial charge in [-0.05, 0) is 19.4 Å². The van der Waals surface area contributed by atoms with Crippen LogP contribution in [-0.2, 0) is 16.1 Å². The van der Waals surface area contributed by atoms with Gasteiger partial charge in [0.1, 0.15) is 5.82 Å². The van der Waals surface area contributed by atoms with Gasteiger partial charge in [0.2, 0.25) is 11.0 Å². The van der Waals surface area contributed by atoms with Gasteiger partial charge in [-0.15, -0.1) is 10.2 Å². The van der Waals surface area contributed by atoms with Crippen LogP contribution in [0, 0.1) is 5.82 Å². The summed E-state index contributed by atoms with van der Waals surface area (Å²) >= 11 is 2.71. The highest BCUT2D eigenvalue weighted by Gasteiger charge is 2.09. The number of nitrogens with one attached hydrogen (secondary N) is 2. The van der Waals surface area contributed by atoms with E-state index in [1.54, 1.807) is 18.2 Å². The van der Waals surface area contributed by atoms with Crippen molar-refractivity contribution >= 4 is 34.1 Å². The second kappa shape index (κ2) is 11.0. The molecule has 1 aromatic carbocycles. The van der Waals surface area contributed by atoms with Crippen LogP contribution in [-0.4, -0.2) is 41.6 Å². The molecule has 2 rings (SSSR count). The summed E-state index contributed by atoms with van der Waals surface area (Å²) in [6.07, 6.45) is 0.897. The molecular weight excluding hydrogens is 363 g/mol. The van der Waals surface area contributed by atoms with E-state index in [0.29, 0.717) is 16.5 Å². The van der Waals surface area contributed by atoms with E-state index in [1.807, 2.05) is 6.92 Å². The summed E-state index contributed by atoms with van der Waals surface area (Å²) in [5.74, 6) is -0.276. The highest BCUT2D eigenvalue weighted by molar-refractivity contribution is 8.01. The van der Waals surface area contributed by atoms with Crippen molar-refractivity contribution in [2.24, 2.45) is 0 Å². The largest absolute Gasteiger partial charge is 0.382 e. The van der Waals surface area contributed by atoms with Gasteiger partial charge < -0.3 is 15.4 Å². The second-order valence-electron chi connectivity index (χ2n) is 5.01. The molecule has 0 unspecified atom stereocenters. The number of ether oxygens (including phenoxy) is 1. The topological polar surface area (TPSA) is 76.1 Å². The van der Waals surface area contributed by atoms with E-state index in [2.05, 4.69) is 20.8 Å². The molecule has 6 nitrogen and oxygen atoms in total. The minimum absolute atomic E-state index is 0.172. The summed E-state index contributed by atoms with van der Waals surface area (Å²) < 4.78 is 19.5. The lowest BCUT2D eigenvalue weighted by atomic mass is 10.2. The molecule has 1 amide bonds. The maximum atomic E-state index is 13.5. The first-order valence-electron chi connectivity index (χ1n) is 7.97. The second-order valence-corrected chi connectivity index (χ2v) is 7.21. The number of hydrogen-bond donors (Lipinski definition) is 2. The van der Waals surface area contributed by atoms with Crippen LogP contribution in [0.3, 0.4) is 0 Å². The Kier molecular flexibility index (Phi) is 8.64. The lowest BCUT2D eigenvalue weighted by Crippen LogP contribution is -2.24. The van der Waals surface area contributed by atoms with Gasteiger partial charge in [0.25, 0.3) is 0 Å². The molecule has 0 saturated heterocycles. The quantitative estimate of drug-likeness (QED) is 0.458. The summed E-state index contributed by atoms with van der Waals surface area (Å²) in [5, 5.41) is 14.7. The average molecular weight is 385 g/mol. The molecule has 2 aromatic rings. The first-order chi connectivity index (χ1) is 12.2. The SMILES string of the molecule is CCOCCCNc1nnc(SCC(=O)NCc2ccccc2F)s1. The maximum absolute atomic E-state index is 13.5. The Balaban J connectivity index is 1.65. The number of hydrogen-bond acceptors (Lipinski definition) is 7. The van der Waals surface area contributed by atoms with Crippen molar-refractivity contribution in [1.82, 2.24) is 15.5 Å². The van der Waals surface area contributed by atoms with Gasteiger partial charge in [0, 0.05) is 31.9 Å². The molecule has 1 heterocycles. The van der Waals surface area contributed by atoms with E-state index < -0.39 is 0 Å². The Labute approximate surface area is 154 Å². The van der Waals surface area contributed by atoms with Crippen molar-refractivity contribution in [3.63, 3.8) is 0 Å². The molecule has 0 saturated carbocycles. The molecule has 2 N–H and O–H groups in total. The fourth-order valence-electron chi connectivity index (χ4n) is 1.87. The normalized spacial score (nSPS) is 10.6. The van der Waals surface area contributed by atoms with Crippen LogP contribution in [0.1, 0.15) is 18.9 Å². The zero-order chi connectivity index (χ0) is 17.9. The lowest BCUT2D eigenvalue weighted by molar-refractivity contribution is -0.118. The first kappa shape index (κ1) is 19.6. The Morgan fingerprint density at radius 1 is 1.36 bits per heavy atom. The molecule has 0 bridgehead atoms. The van der Waals surface area contributed by atoms with Gasteiger partial charge in [-0.2, -0.15) is 0 Å². The van der Waals surface area contributed by atoms with E-state index in [4.69, 9.17) is 4.74 Å². The van der Waals surface area contributed by atoms with Gasteiger partial charge in [0.05, 0.1) is 5.75 Å². The van der Waals surface area contributed by atoms with Crippen molar-refractivity contribution in [2.75, 3.05) is 30.8 Å². The number of nitrogens with zero attached hydrogens (tertiary/aromatic N) is 2. The Bertz CT molecular complexity index is 669. The zero-order valence-corrected chi connectivity index (χ0v) is 15.6. The number of halogens is 1. The summed E-state index contributed by atoms with van der Waals surface area (Å²) in [4.78, 5) is 11.9. The fourth-order valence-corrected chi connectivity index (χ4v) is 3.47. The van der Waals surface area contributed by atoms with E-state index in [0.717, 1.165) is 24.7 Å². The smallest absolute Gasteiger partial charge is 0.230 e. The molecule has 0 radical (unpaired) electrons. The summed E-state index contributed by atoms with van der Waals surface area (Å²) in [5.41, 5.74) is 0.468. The van der Waals surface area contributed by atoms with Crippen molar-refractivity contribution in [3.8, 4) is 0 Å². The Morgan fingerprint density at radius 3 is 3.00 bits per heavy atom. The van der Waals surface area contributed by atoms with Gasteiger partial charge in [-0.25, -0.2) is 4.39 Å². The molecule has 25 heavy (non-hydrogen) atoms. The highest BCUT2D eigenvalue weighted by atomic mass is 32.2. The van der Waals surface area contributed by atoms with Crippen LogP contribution < -0.4 is 10.6 Å². The van der Waals surface area contributed by atoms with Gasteiger partial charge in [-0.1, -0.05) is 41.3 Å². The van der Waals surface area contributed by atoms with Gasteiger partial charge >= 0.3 is 0 Å². The maximum Gasteiger partial charge on any atom is 0.230 e. The number of anilines is 1. The molecule has 0 fully saturated rings. The standard InChI is InChI=1S/C16H21FN4O2S2/c1-2-23-9-5-8-18-15-20-21-16(25-15)24-11-14(22)19-10-12-6-3-4-7-13(12)17/h3-4,6-7H,2,5,8-11H2,1H3,(H,18,20)(H,19,22). The van der Waals surface area contributed by atoms with Crippen molar-refractivity contribution in [3.05, 3.63) is 35.6 Å². The average Bonchev–Trinajstić information content (AvgIpc) is 3.07. The third-order valence-electron chi connectivity index (χ3n) is 3.11. The zero-order valence-electron chi connectivity index (χ0n) is 14.0. The summed E-state index contributed by atoms with van der Waals surface area (Å²) in [6.45, 7) is 4.34. The van der Waals surface area contributed by atoms with Crippen LogP contribution in [0.15, 0.2) is 28.6 Å². The monoisotopic (exact) mass is 384 g/mol. The van der Waals surface area contributed by atoms with E-state index in [-0.39, 0.29) is 24.0 Å². The molecule has 0 aliphatic carbocycles. The van der Waals surface area contributed by atoms with Crippen LogP contribution in [0.25, 0.3) is 0 Å². The number of carbonyl (C=O) groups is 1. The van der Waals surface area contributed by atoms with Crippen molar-refractivity contribution in [2.45, 2.75) is 24.2 Å². The number of aromatic nitrogens is 2. The molecule has 0 atom stereocenters. The van der Waals surface area contributed by atoms with Crippen LogP contribution in [0.4, 0.5) is 9.52 Å². The number of carbonyl (C=O) groups excluding carboxylic acids is 1. The molecule has 136 valence electrons. The van der Waals surface area contributed by atoms with Crippen molar-refractivity contribution < 1.29 is 13.9 Å². The molecular formula is C16H21FN4O2S2. The first-order valence-corrected chi connectivity index (χ1v) is 9.77. The molecule has 0 spiro atoms. The molecule has 0 aliphatic heterocycles. The Hall–Kier alpha value is -1.71. The molecule has 1 aromatic heterocycles. The lowest BCUT2D eigenvalue weighted by Gasteiger charge is -2.05.